The highest BCUT2D eigenvalue weighted by molar-refractivity contribution is 5.36. The topological polar surface area (TPSA) is 62.3 Å². The zero-order chi connectivity index (χ0) is 11.9. The van der Waals surface area contributed by atoms with E-state index in [1.54, 1.807) is 13.2 Å². The molecular weight excluding hydrogens is 218 g/mol. The van der Waals surface area contributed by atoms with Crippen LogP contribution >= 0.6 is 0 Å². The number of nitrogens with one attached hydrogen (secondary N) is 2. The van der Waals surface area contributed by atoms with Gasteiger partial charge in [0.1, 0.15) is 12.1 Å². The van der Waals surface area contributed by atoms with Crippen molar-refractivity contribution in [2.24, 2.45) is 0 Å². The van der Waals surface area contributed by atoms with E-state index < -0.39 is 0 Å². The summed E-state index contributed by atoms with van der Waals surface area (Å²) in [5, 5.41) is 6.61. The number of rotatable bonds is 5. The van der Waals surface area contributed by atoms with Crippen molar-refractivity contribution in [1.29, 1.82) is 0 Å². The van der Waals surface area contributed by atoms with Crippen LogP contribution in [0.2, 0.25) is 0 Å². The maximum atomic E-state index is 5.04. The van der Waals surface area contributed by atoms with Crippen molar-refractivity contribution in [3.8, 4) is 5.88 Å². The summed E-state index contributed by atoms with van der Waals surface area (Å²) in [6.07, 6.45) is 1.51. The average molecular weight is 237 g/mol. The SMILES string of the molecule is COc1cc(NCCN2CCNCC2)ncn1. The lowest BCUT2D eigenvalue weighted by Gasteiger charge is -2.27. The third-order valence-electron chi connectivity index (χ3n) is 2.79. The second kappa shape index (κ2) is 6.36. The minimum absolute atomic E-state index is 0.588. The standard InChI is InChI=1S/C11H19N5O/c1-17-11-8-10(14-9-15-11)13-4-7-16-5-2-12-3-6-16/h8-9,12H,2-7H2,1H3,(H,13,14,15). The number of hydrogen-bond donors (Lipinski definition) is 2. The Hall–Kier alpha value is -1.40. The van der Waals surface area contributed by atoms with Crippen LogP contribution in [0, 0.1) is 0 Å². The Morgan fingerprint density at radius 3 is 3.00 bits per heavy atom. The molecule has 0 bridgehead atoms. The van der Waals surface area contributed by atoms with E-state index in [0.29, 0.717) is 5.88 Å². The van der Waals surface area contributed by atoms with E-state index in [1.807, 2.05) is 0 Å². The molecule has 1 aliphatic rings. The number of piperazine rings is 1. The molecule has 0 atom stereocenters. The van der Waals surface area contributed by atoms with E-state index in [4.69, 9.17) is 4.74 Å². The van der Waals surface area contributed by atoms with Gasteiger partial charge in [0.25, 0.3) is 0 Å². The van der Waals surface area contributed by atoms with Gasteiger partial charge in [0.15, 0.2) is 0 Å². The van der Waals surface area contributed by atoms with Gasteiger partial charge in [-0.1, -0.05) is 0 Å². The van der Waals surface area contributed by atoms with Crippen LogP contribution in [0.3, 0.4) is 0 Å². The molecule has 0 spiro atoms. The quantitative estimate of drug-likeness (QED) is 0.739. The number of aromatic nitrogens is 2. The highest BCUT2D eigenvalue weighted by Crippen LogP contribution is 2.09. The number of ether oxygens (including phenoxy) is 1. The van der Waals surface area contributed by atoms with Crippen LogP contribution in [0.5, 0.6) is 5.88 Å². The van der Waals surface area contributed by atoms with Crippen LogP contribution < -0.4 is 15.4 Å². The molecule has 6 heteroatoms. The van der Waals surface area contributed by atoms with Crippen molar-refractivity contribution in [2.45, 2.75) is 0 Å². The molecular formula is C11H19N5O. The summed E-state index contributed by atoms with van der Waals surface area (Å²) < 4.78 is 5.04. The van der Waals surface area contributed by atoms with E-state index >= 15 is 0 Å². The molecule has 0 aromatic carbocycles. The maximum absolute atomic E-state index is 5.04. The summed E-state index contributed by atoms with van der Waals surface area (Å²) in [5.74, 6) is 1.40. The maximum Gasteiger partial charge on any atom is 0.218 e. The summed E-state index contributed by atoms with van der Waals surface area (Å²) in [7, 11) is 1.60. The molecule has 94 valence electrons. The Balaban J connectivity index is 1.73. The van der Waals surface area contributed by atoms with E-state index in [0.717, 1.165) is 45.1 Å². The molecule has 2 rings (SSSR count). The summed E-state index contributed by atoms with van der Waals surface area (Å²) >= 11 is 0. The van der Waals surface area contributed by atoms with Gasteiger partial charge in [0, 0.05) is 45.3 Å². The lowest BCUT2D eigenvalue weighted by atomic mass is 10.3. The molecule has 1 fully saturated rings. The first kappa shape index (κ1) is 12.1. The zero-order valence-electron chi connectivity index (χ0n) is 10.1. The molecule has 0 aliphatic carbocycles. The number of hydrogen-bond acceptors (Lipinski definition) is 6. The van der Waals surface area contributed by atoms with Crippen LogP contribution in [0.25, 0.3) is 0 Å². The fraction of sp³-hybridized carbons (Fsp3) is 0.636. The van der Waals surface area contributed by atoms with Crippen LogP contribution in [0.1, 0.15) is 0 Å². The smallest absolute Gasteiger partial charge is 0.218 e. The Morgan fingerprint density at radius 2 is 2.24 bits per heavy atom. The van der Waals surface area contributed by atoms with Crippen molar-refractivity contribution in [3.05, 3.63) is 12.4 Å². The van der Waals surface area contributed by atoms with Gasteiger partial charge in [-0.25, -0.2) is 9.97 Å². The Morgan fingerprint density at radius 1 is 1.41 bits per heavy atom. The van der Waals surface area contributed by atoms with E-state index in [2.05, 4.69) is 25.5 Å². The second-order valence-electron chi connectivity index (χ2n) is 3.96. The minimum atomic E-state index is 0.588. The predicted molar refractivity (Wildman–Crippen MR) is 66.4 cm³/mol. The van der Waals surface area contributed by atoms with Crippen LogP contribution in [-0.2, 0) is 0 Å². The van der Waals surface area contributed by atoms with Gasteiger partial charge in [-0.05, 0) is 0 Å². The van der Waals surface area contributed by atoms with Gasteiger partial charge < -0.3 is 15.4 Å². The first-order valence-corrected chi connectivity index (χ1v) is 5.91. The number of nitrogens with zero attached hydrogens (tertiary/aromatic N) is 3. The molecule has 1 aromatic heterocycles. The Kier molecular flexibility index (Phi) is 4.52. The number of anilines is 1. The molecule has 0 radical (unpaired) electrons. The molecule has 0 unspecified atom stereocenters. The molecule has 2 heterocycles. The third-order valence-corrected chi connectivity index (χ3v) is 2.79. The first-order chi connectivity index (χ1) is 8.38. The molecule has 1 saturated heterocycles. The Labute approximate surface area is 101 Å². The van der Waals surface area contributed by atoms with E-state index in [1.165, 1.54) is 6.33 Å². The third kappa shape index (κ3) is 3.83. The molecule has 0 amide bonds. The first-order valence-electron chi connectivity index (χ1n) is 5.91. The van der Waals surface area contributed by atoms with Crippen LogP contribution in [-0.4, -0.2) is 61.2 Å². The molecule has 2 N–H and O–H groups in total. The summed E-state index contributed by atoms with van der Waals surface area (Å²) in [6.45, 7) is 6.33. The Bertz CT molecular complexity index is 340. The van der Waals surface area contributed by atoms with Crippen LogP contribution in [0.15, 0.2) is 12.4 Å². The van der Waals surface area contributed by atoms with Gasteiger partial charge in [0.05, 0.1) is 7.11 Å². The fourth-order valence-electron chi connectivity index (χ4n) is 1.82. The van der Waals surface area contributed by atoms with Gasteiger partial charge in [-0.3, -0.25) is 4.90 Å². The van der Waals surface area contributed by atoms with Crippen molar-refractivity contribution in [3.63, 3.8) is 0 Å². The zero-order valence-corrected chi connectivity index (χ0v) is 10.1. The fourth-order valence-corrected chi connectivity index (χ4v) is 1.82. The highest BCUT2D eigenvalue weighted by atomic mass is 16.5. The van der Waals surface area contributed by atoms with Crippen molar-refractivity contribution < 1.29 is 4.74 Å². The van der Waals surface area contributed by atoms with Gasteiger partial charge >= 0.3 is 0 Å². The van der Waals surface area contributed by atoms with E-state index in [-0.39, 0.29) is 0 Å². The monoisotopic (exact) mass is 237 g/mol. The lowest BCUT2D eigenvalue weighted by Crippen LogP contribution is -2.45. The van der Waals surface area contributed by atoms with Gasteiger partial charge in [-0.2, -0.15) is 0 Å². The lowest BCUT2D eigenvalue weighted by molar-refractivity contribution is 0.249. The largest absolute Gasteiger partial charge is 0.481 e. The van der Waals surface area contributed by atoms with Crippen LogP contribution in [0.4, 0.5) is 5.82 Å². The molecule has 6 nitrogen and oxygen atoms in total. The van der Waals surface area contributed by atoms with E-state index in [9.17, 15) is 0 Å². The van der Waals surface area contributed by atoms with Crippen molar-refractivity contribution in [1.82, 2.24) is 20.2 Å². The molecule has 1 aliphatic heterocycles. The molecule has 1 aromatic rings. The molecule has 0 saturated carbocycles. The van der Waals surface area contributed by atoms with Crippen molar-refractivity contribution >= 4 is 5.82 Å². The molecule has 17 heavy (non-hydrogen) atoms. The summed E-state index contributed by atoms with van der Waals surface area (Å²) in [6, 6.07) is 1.80. The van der Waals surface area contributed by atoms with Gasteiger partial charge in [0.2, 0.25) is 5.88 Å². The normalized spacial score (nSPS) is 16.8. The van der Waals surface area contributed by atoms with Crippen molar-refractivity contribution in [2.75, 3.05) is 51.7 Å². The number of methoxy groups -OCH3 is 1. The average Bonchev–Trinajstić information content (AvgIpc) is 2.40. The summed E-state index contributed by atoms with van der Waals surface area (Å²) in [4.78, 5) is 10.5. The predicted octanol–water partition coefficient (Wildman–Crippen LogP) is -0.198. The highest BCUT2D eigenvalue weighted by Gasteiger charge is 2.08. The minimum Gasteiger partial charge on any atom is -0.481 e. The second-order valence-corrected chi connectivity index (χ2v) is 3.96. The van der Waals surface area contributed by atoms with Gasteiger partial charge in [-0.15, -0.1) is 0 Å². The summed E-state index contributed by atoms with van der Waals surface area (Å²) in [5.41, 5.74) is 0.